The Morgan fingerprint density at radius 3 is 1.51 bits per heavy atom. The largest absolute Gasteiger partial charge is 0.472 e. The lowest BCUT2D eigenvalue weighted by Gasteiger charge is -2.43. The van der Waals surface area contributed by atoms with Crippen molar-refractivity contribution in [1.82, 2.24) is 0 Å². The van der Waals surface area contributed by atoms with Gasteiger partial charge in [-0.2, -0.15) is 0 Å². The van der Waals surface area contributed by atoms with Crippen molar-refractivity contribution in [2.75, 3.05) is 13.2 Å². The zero-order chi connectivity index (χ0) is 51.9. The van der Waals surface area contributed by atoms with Crippen LogP contribution in [0.3, 0.4) is 0 Å². The van der Waals surface area contributed by atoms with Gasteiger partial charge in [-0.05, 0) is 89.9 Å². The summed E-state index contributed by atoms with van der Waals surface area (Å²) in [7, 11) is -10.7. The van der Waals surface area contributed by atoms with Gasteiger partial charge in [0.05, 0.1) is 12.7 Å². The Hall–Kier alpha value is -3.12. The van der Waals surface area contributed by atoms with Crippen molar-refractivity contribution in [2.24, 2.45) is 0 Å². The zero-order valence-corrected chi connectivity index (χ0v) is 43.1. The van der Waals surface area contributed by atoms with E-state index in [-0.39, 0.29) is 18.9 Å². The van der Waals surface area contributed by atoms with Gasteiger partial charge in [-0.25, -0.2) is 9.13 Å². The van der Waals surface area contributed by atoms with Crippen molar-refractivity contribution in [3.05, 3.63) is 97.2 Å². The van der Waals surface area contributed by atoms with Crippen LogP contribution in [0.1, 0.15) is 149 Å². The maximum absolute atomic E-state index is 13.0. The molecule has 400 valence electrons. The van der Waals surface area contributed by atoms with Gasteiger partial charge in [0.2, 0.25) is 0 Å². The van der Waals surface area contributed by atoms with Crippen molar-refractivity contribution in [3.63, 3.8) is 0 Å². The molecular formula is C51H84O17P2. The molecule has 0 aromatic carbocycles. The minimum atomic E-state index is -5.38. The molecule has 0 radical (unpaired) electrons. The summed E-state index contributed by atoms with van der Waals surface area (Å²) in [6.07, 6.45) is 34.2. The minimum Gasteiger partial charge on any atom is -0.462 e. The van der Waals surface area contributed by atoms with Crippen LogP contribution in [0.4, 0.5) is 0 Å². The van der Waals surface area contributed by atoms with Crippen LogP contribution in [0.5, 0.6) is 0 Å². The molecule has 0 aromatic heterocycles. The lowest BCUT2D eigenvalue weighted by molar-refractivity contribution is -0.216. The topological polar surface area (TPSA) is 276 Å². The SMILES string of the molecule is CC/C=C\C/C=C\C/C=C\C/C=C\CCCCCCCCC(=O)OC[C@H](COP(=O)(O)O[C@H]1C(O)C(O)C(O)[C@@H](OP(=O)(O)O)C1O)OC(=O)CCC/C=C\C/C=C\C/C=C\C/C=C\CC(O)CCC. The number of phosphoric acid groups is 2. The molecule has 1 rings (SSSR count). The van der Waals surface area contributed by atoms with Gasteiger partial charge in [0, 0.05) is 12.8 Å². The number of carbonyl (C=O) groups excluding carboxylic acids is 2. The van der Waals surface area contributed by atoms with Gasteiger partial charge < -0.3 is 49.7 Å². The Bertz CT molecular complexity index is 1730. The van der Waals surface area contributed by atoms with Crippen LogP contribution in [-0.2, 0) is 41.8 Å². The van der Waals surface area contributed by atoms with Crippen LogP contribution in [0.25, 0.3) is 0 Å². The number of hydrogen-bond donors (Lipinski definition) is 8. The van der Waals surface area contributed by atoms with Crippen LogP contribution in [0.15, 0.2) is 97.2 Å². The van der Waals surface area contributed by atoms with Gasteiger partial charge in [0.15, 0.2) is 6.10 Å². The molecule has 1 aliphatic rings. The standard InChI is InChI=1S/C51H84O17P2/c1-3-5-6-7-8-9-10-11-12-13-14-15-16-19-22-25-28-31-34-38-44(53)64-40-43(41-65-70(62,63)68-51-48(57)46(55)47(56)50(49(51)58)67-69(59,60)61)66-45(54)39-35-32-29-26-23-20-17-18-21-24-27-30-33-37-42(52)36-4-2/h5-6,8-9,11-12,14-15,17,20-21,24,26,29-30,33,42-43,46-52,55-58H,3-4,7,10,13,16,18-19,22-23,25,27-28,31-32,34-41H2,1-2H3,(H,62,63)(H2,59,60,61)/b6-5-,9-8-,12-11-,15-14-,20-17-,24-21-,29-26-,33-30-/t42?,43-,46?,47?,48?,49?,50-,51+/m1/s1. The fraction of sp³-hybridized carbons (Fsp3) is 0.647. The highest BCUT2D eigenvalue weighted by Crippen LogP contribution is 2.49. The third-order valence-electron chi connectivity index (χ3n) is 10.7. The highest BCUT2D eigenvalue weighted by Gasteiger charge is 2.54. The zero-order valence-electron chi connectivity index (χ0n) is 41.3. The Balaban J connectivity index is 2.62. The van der Waals surface area contributed by atoms with E-state index in [4.69, 9.17) is 18.5 Å². The maximum Gasteiger partial charge on any atom is 0.472 e. The average molecular weight is 1030 g/mol. The first-order valence-corrected chi connectivity index (χ1v) is 27.9. The number of esters is 2. The summed E-state index contributed by atoms with van der Waals surface area (Å²) in [5.74, 6) is -1.32. The maximum atomic E-state index is 13.0. The number of phosphoric ester groups is 2. The third-order valence-corrected chi connectivity index (χ3v) is 12.2. The summed E-state index contributed by atoms with van der Waals surface area (Å²) in [6, 6.07) is 0. The lowest BCUT2D eigenvalue weighted by atomic mass is 9.85. The van der Waals surface area contributed by atoms with Crippen LogP contribution in [-0.4, -0.2) is 114 Å². The molecule has 9 atom stereocenters. The van der Waals surface area contributed by atoms with Gasteiger partial charge >= 0.3 is 27.6 Å². The van der Waals surface area contributed by atoms with Gasteiger partial charge in [0.1, 0.15) is 43.2 Å². The summed E-state index contributed by atoms with van der Waals surface area (Å²) >= 11 is 0. The molecule has 0 bridgehead atoms. The first-order valence-electron chi connectivity index (χ1n) is 24.9. The van der Waals surface area contributed by atoms with E-state index < -0.39 is 83.5 Å². The summed E-state index contributed by atoms with van der Waals surface area (Å²) in [6.45, 7) is 2.74. The predicted molar refractivity (Wildman–Crippen MR) is 270 cm³/mol. The number of aliphatic hydroxyl groups excluding tert-OH is 5. The number of allylic oxidation sites excluding steroid dienone is 15. The second-order valence-corrected chi connectivity index (χ2v) is 19.6. The molecule has 0 saturated heterocycles. The first-order chi connectivity index (χ1) is 33.5. The van der Waals surface area contributed by atoms with Gasteiger partial charge in [-0.1, -0.05) is 143 Å². The van der Waals surface area contributed by atoms with E-state index in [1.807, 2.05) is 43.4 Å². The average Bonchev–Trinajstić information content (AvgIpc) is 3.31. The van der Waals surface area contributed by atoms with Gasteiger partial charge in [-0.3, -0.25) is 23.2 Å². The molecule has 19 heteroatoms. The fourth-order valence-electron chi connectivity index (χ4n) is 6.91. The summed E-state index contributed by atoms with van der Waals surface area (Å²) in [4.78, 5) is 54.4. The van der Waals surface area contributed by atoms with Crippen molar-refractivity contribution < 1.29 is 82.0 Å². The quantitative estimate of drug-likeness (QED) is 0.0123. The van der Waals surface area contributed by atoms with E-state index in [1.54, 1.807) is 0 Å². The van der Waals surface area contributed by atoms with Gasteiger partial charge in [-0.15, -0.1) is 0 Å². The van der Waals surface area contributed by atoms with E-state index in [0.717, 1.165) is 89.9 Å². The molecule has 0 spiro atoms. The van der Waals surface area contributed by atoms with Crippen molar-refractivity contribution >= 4 is 27.6 Å². The highest BCUT2D eigenvalue weighted by molar-refractivity contribution is 7.47. The number of hydrogen-bond acceptors (Lipinski definition) is 14. The smallest absolute Gasteiger partial charge is 0.462 e. The summed E-state index contributed by atoms with van der Waals surface area (Å²) in [5, 5.41) is 51.0. The second-order valence-electron chi connectivity index (χ2n) is 17.0. The molecule has 0 heterocycles. The third kappa shape index (κ3) is 34.3. The second kappa shape index (κ2) is 40.4. The number of ether oxygens (including phenoxy) is 2. The van der Waals surface area contributed by atoms with Gasteiger partial charge in [0.25, 0.3) is 0 Å². The molecule has 1 fully saturated rings. The summed E-state index contributed by atoms with van der Waals surface area (Å²) in [5.41, 5.74) is 0. The minimum absolute atomic E-state index is 0.0558. The molecular weight excluding hydrogens is 946 g/mol. The van der Waals surface area contributed by atoms with Crippen LogP contribution < -0.4 is 0 Å². The molecule has 17 nitrogen and oxygen atoms in total. The molecule has 0 aliphatic heterocycles. The molecule has 8 N–H and O–H groups in total. The Kier molecular flexibility index (Phi) is 37.4. The van der Waals surface area contributed by atoms with E-state index in [9.17, 15) is 58.9 Å². The number of aliphatic hydroxyl groups is 5. The molecule has 0 amide bonds. The van der Waals surface area contributed by atoms with Crippen LogP contribution >= 0.6 is 15.6 Å². The Morgan fingerprint density at radius 1 is 0.529 bits per heavy atom. The van der Waals surface area contributed by atoms with Crippen LogP contribution in [0.2, 0.25) is 0 Å². The fourth-order valence-corrected chi connectivity index (χ4v) is 8.45. The van der Waals surface area contributed by atoms with Crippen molar-refractivity contribution in [2.45, 2.75) is 198 Å². The molecule has 1 aliphatic carbocycles. The highest BCUT2D eigenvalue weighted by atomic mass is 31.2. The molecule has 1 saturated carbocycles. The summed E-state index contributed by atoms with van der Waals surface area (Å²) < 4.78 is 49.4. The van der Waals surface area contributed by atoms with E-state index >= 15 is 0 Å². The number of unbranched alkanes of at least 4 members (excludes halogenated alkanes) is 7. The number of rotatable bonds is 40. The number of carbonyl (C=O) groups is 2. The van der Waals surface area contributed by atoms with E-state index in [0.29, 0.717) is 32.1 Å². The first kappa shape index (κ1) is 64.9. The van der Waals surface area contributed by atoms with E-state index in [2.05, 4.69) is 72.2 Å². The van der Waals surface area contributed by atoms with Crippen molar-refractivity contribution in [3.8, 4) is 0 Å². The molecule has 6 unspecified atom stereocenters. The normalized spacial score (nSPS) is 22.3. The molecule has 0 aromatic rings. The van der Waals surface area contributed by atoms with Crippen molar-refractivity contribution in [1.29, 1.82) is 0 Å². The lowest BCUT2D eigenvalue weighted by Crippen LogP contribution is -2.64. The predicted octanol–water partition coefficient (Wildman–Crippen LogP) is 8.92. The van der Waals surface area contributed by atoms with E-state index in [1.165, 1.54) is 0 Å². The van der Waals surface area contributed by atoms with Crippen LogP contribution in [0, 0.1) is 0 Å². The Morgan fingerprint density at radius 2 is 0.986 bits per heavy atom. The molecule has 70 heavy (non-hydrogen) atoms. The Labute approximate surface area is 416 Å². The monoisotopic (exact) mass is 1030 g/mol.